The maximum absolute atomic E-state index is 5.87. The minimum Gasteiger partial charge on any atom is -0.370 e. The van der Waals surface area contributed by atoms with Crippen LogP contribution >= 0.6 is 0 Å². The fourth-order valence-electron chi connectivity index (χ4n) is 3.58. The van der Waals surface area contributed by atoms with Gasteiger partial charge < -0.3 is 10.1 Å². The Morgan fingerprint density at radius 2 is 2.19 bits per heavy atom. The van der Waals surface area contributed by atoms with E-state index in [2.05, 4.69) is 29.9 Å². The number of rotatable bonds is 4. The number of fused-ring (bicyclic) bond motifs is 3. The number of imidazole rings is 1. The first kappa shape index (κ1) is 15.3. The van der Waals surface area contributed by atoms with Crippen molar-refractivity contribution in [2.24, 2.45) is 5.92 Å². The van der Waals surface area contributed by atoms with Gasteiger partial charge in [-0.15, -0.1) is 0 Å². The minimum absolute atomic E-state index is 0.0890. The van der Waals surface area contributed by atoms with Crippen LogP contribution in [0.4, 0.5) is 5.82 Å². The molecule has 26 heavy (non-hydrogen) atoms. The number of para-hydroxylation sites is 2. The van der Waals surface area contributed by atoms with Crippen LogP contribution in [0.5, 0.6) is 0 Å². The SMILES string of the molecule is Cc1nc([C@@H]2OCC[C@@H]2CNc2nc3ccccc3n3cncc23)n[nH]1. The fourth-order valence-corrected chi connectivity index (χ4v) is 3.58. The van der Waals surface area contributed by atoms with E-state index in [4.69, 9.17) is 9.72 Å². The van der Waals surface area contributed by atoms with Gasteiger partial charge in [0.1, 0.15) is 17.4 Å². The van der Waals surface area contributed by atoms with Crippen molar-refractivity contribution in [3.8, 4) is 0 Å². The maximum Gasteiger partial charge on any atom is 0.179 e. The van der Waals surface area contributed by atoms with Crippen LogP contribution in [0.1, 0.15) is 24.2 Å². The molecule has 4 heterocycles. The monoisotopic (exact) mass is 349 g/mol. The van der Waals surface area contributed by atoms with Crippen molar-refractivity contribution in [2.75, 3.05) is 18.5 Å². The number of nitrogens with one attached hydrogen (secondary N) is 2. The van der Waals surface area contributed by atoms with E-state index in [1.165, 1.54) is 0 Å². The van der Waals surface area contributed by atoms with Gasteiger partial charge in [-0.25, -0.2) is 15.0 Å². The van der Waals surface area contributed by atoms with E-state index >= 15 is 0 Å². The van der Waals surface area contributed by atoms with Crippen molar-refractivity contribution in [3.63, 3.8) is 0 Å². The van der Waals surface area contributed by atoms with Crippen LogP contribution in [0.2, 0.25) is 0 Å². The first-order valence-electron chi connectivity index (χ1n) is 8.75. The molecule has 0 spiro atoms. The Morgan fingerprint density at radius 3 is 3.08 bits per heavy atom. The number of ether oxygens (including phenoxy) is 1. The molecule has 1 aliphatic rings. The van der Waals surface area contributed by atoms with Crippen molar-refractivity contribution in [1.82, 2.24) is 29.5 Å². The van der Waals surface area contributed by atoms with E-state index in [9.17, 15) is 0 Å². The van der Waals surface area contributed by atoms with Crippen LogP contribution < -0.4 is 5.32 Å². The highest BCUT2D eigenvalue weighted by Gasteiger charge is 2.32. The Balaban J connectivity index is 1.43. The van der Waals surface area contributed by atoms with Gasteiger partial charge in [-0.1, -0.05) is 12.1 Å². The predicted molar refractivity (Wildman–Crippen MR) is 96.9 cm³/mol. The third-order valence-electron chi connectivity index (χ3n) is 4.87. The highest BCUT2D eigenvalue weighted by molar-refractivity contribution is 5.84. The summed E-state index contributed by atoms with van der Waals surface area (Å²) >= 11 is 0. The number of aromatic amines is 1. The molecule has 1 aliphatic heterocycles. The molecule has 1 aromatic carbocycles. The molecular formula is C18H19N7O. The van der Waals surface area contributed by atoms with Gasteiger partial charge in [-0.2, -0.15) is 5.10 Å². The molecule has 1 saturated heterocycles. The van der Waals surface area contributed by atoms with Crippen molar-refractivity contribution < 1.29 is 4.74 Å². The lowest BCUT2D eigenvalue weighted by molar-refractivity contribution is 0.0863. The van der Waals surface area contributed by atoms with E-state index < -0.39 is 0 Å². The smallest absolute Gasteiger partial charge is 0.179 e. The summed E-state index contributed by atoms with van der Waals surface area (Å²) in [5, 5.41) is 10.7. The highest BCUT2D eigenvalue weighted by atomic mass is 16.5. The van der Waals surface area contributed by atoms with Gasteiger partial charge in [-0.3, -0.25) is 9.50 Å². The number of aryl methyl sites for hydroxylation is 1. The summed E-state index contributed by atoms with van der Waals surface area (Å²) in [4.78, 5) is 13.5. The van der Waals surface area contributed by atoms with Crippen molar-refractivity contribution in [3.05, 3.63) is 48.4 Å². The summed E-state index contributed by atoms with van der Waals surface area (Å²) < 4.78 is 7.93. The highest BCUT2D eigenvalue weighted by Crippen LogP contribution is 2.33. The van der Waals surface area contributed by atoms with E-state index in [-0.39, 0.29) is 6.10 Å². The Labute approximate surface area is 149 Å². The second kappa shape index (κ2) is 6.06. The summed E-state index contributed by atoms with van der Waals surface area (Å²) in [6.07, 6.45) is 4.54. The van der Waals surface area contributed by atoms with Crippen LogP contribution in [0.3, 0.4) is 0 Å². The molecule has 8 nitrogen and oxygen atoms in total. The molecule has 132 valence electrons. The second-order valence-corrected chi connectivity index (χ2v) is 6.60. The lowest BCUT2D eigenvalue weighted by Crippen LogP contribution is -2.19. The van der Waals surface area contributed by atoms with Gasteiger partial charge in [0.2, 0.25) is 0 Å². The van der Waals surface area contributed by atoms with Gasteiger partial charge in [0.15, 0.2) is 11.6 Å². The number of hydrogen-bond acceptors (Lipinski definition) is 6. The average molecular weight is 349 g/mol. The first-order valence-corrected chi connectivity index (χ1v) is 8.75. The third-order valence-corrected chi connectivity index (χ3v) is 4.87. The number of H-pyrrole nitrogens is 1. The summed E-state index contributed by atoms with van der Waals surface area (Å²) in [5.41, 5.74) is 2.95. The van der Waals surface area contributed by atoms with Crippen LogP contribution in [0, 0.1) is 12.8 Å². The molecule has 2 N–H and O–H groups in total. The molecule has 3 aromatic heterocycles. The standard InChI is InChI=1S/C18H19N7O/c1-11-21-18(24-23-11)16-12(6-7-26-16)8-20-17-15-9-19-10-25(15)14-5-3-2-4-13(14)22-17/h2-5,9-10,12,16H,6-8H2,1H3,(H,20,22)(H,21,23,24)/t12-,16-/m1/s1. The maximum atomic E-state index is 5.87. The zero-order valence-electron chi connectivity index (χ0n) is 14.4. The summed E-state index contributed by atoms with van der Waals surface area (Å²) in [7, 11) is 0. The van der Waals surface area contributed by atoms with Gasteiger partial charge in [0.05, 0.1) is 23.6 Å². The second-order valence-electron chi connectivity index (χ2n) is 6.60. The minimum atomic E-state index is -0.0890. The molecule has 0 amide bonds. The van der Waals surface area contributed by atoms with Gasteiger partial charge in [-0.05, 0) is 25.5 Å². The fraction of sp³-hybridized carbons (Fsp3) is 0.333. The van der Waals surface area contributed by atoms with Gasteiger partial charge in [0.25, 0.3) is 0 Å². The van der Waals surface area contributed by atoms with Crippen LogP contribution in [0.15, 0.2) is 36.8 Å². The zero-order valence-corrected chi connectivity index (χ0v) is 14.4. The molecule has 8 heteroatoms. The normalized spacial score (nSPS) is 20.2. The molecule has 0 bridgehead atoms. The predicted octanol–water partition coefficient (Wildman–Crippen LogP) is 2.50. The van der Waals surface area contributed by atoms with Crippen molar-refractivity contribution in [1.29, 1.82) is 0 Å². The first-order chi connectivity index (χ1) is 12.8. The van der Waals surface area contributed by atoms with Crippen LogP contribution in [-0.4, -0.2) is 42.7 Å². The van der Waals surface area contributed by atoms with E-state index in [1.807, 2.05) is 43.7 Å². The summed E-state index contributed by atoms with van der Waals surface area (Å²) in [6, 6.07) is 8.06. The lowest BCUT2D eigenvalue weighted by atomic mass is 10.0. The Morgan fingerprint density at radius 1 is 1.27 bits per heavy atom. The topological polar surface area (TPSA) is 93.0 Å². The number of anilines is 1. The van der Waals surface area contributed by atoms with Crippen molar-refractivity contribution in [2.45, 2.75) is 19.4 Å². The Hall–Kier alpha value is -3.00. The number of nitrogens with zero attached hydrogens (tertiary/aromatic N) is 5. The quantitative estimate of drug-likeness (QED) is 0.588. The molecule has 4 aromatic rings. The summed E-state index contributed by atoms with van der Waals surface area (Å²) in [6.45, 7) is 3.36. The molecule has 0 radical (unpaired) electrons. The van der Waals surface area contributed by atoms with E-state index in [1.54, 1.807) is 0 Å². The lowest BCUT2D eigenvalue weighted by Gasteiger charge is -2.17. The molecule has 0 unspecified atom stereocenters. The van der Waals surface area contributed by atoms with E-state index in [0.29, 0.717) is 5.92 Å². The van der Waals surface area contributed by atoms with Crippen molar-refractivity contribution >= 4 is 22.4 Å². The number of benzene rings is 1. The summed E-state index contributed by atoms with van der Waals surface area (Å²) in [5.74, 6) is 2.66. The molecular weight excluding hydrogens is 330 g/mol. The number of hydrogen-bond donors (Lipinski definition) is 2. The molecule has 0 saturated carbocycles. The van der Waals surface area contributed by atoms with Crippen LogP contribution in [0.25, 0.3) is 16.6 Å². The molecule has 1 fully saturated rings. The number of aromatic nitrogens is 6. The Bertz CT molecular complexity index is 1070. The van der Waals surface area contributed by atoms with E-state index in [0.717, 1.165) is 53.6 Å². The third kappa shape index (κ3) is 2.50. The van der Waals surface area contributed by atoms with Crippen LogP contribution in [-0.2, 0) is 4.74 Å². The molecule has 0 aliphatic carbocycles. The Kier molecular flexibility index (Phi) is 3.56. The molecule has 5 rings (SSSR count). The van der Waals surface area contributed by atoms with Gasteiger partial charge in [0, 0.05) is 19.1 Å². The van der Waals surface area contributed by atoms with Gasteiger partial charge >= 0.3 is 0 Å². The largest absolute Gasteiger partial charge is 0.370 e. The average Bonchev–Trinajstić information content (AvgIpc) is 3.39. The zero-order chi connectivity index (χ0) is 17.5. The molecule has 2 atom stereocenters.